The number of hydrogen-bond donors (Lipinski definition) is 1. The van der Waals surface area contributed by atoms with E-state index in [4.69, 9.17) is 4.74 Å². The van der Waals surface area contributed by atoms with Crippen molar-refractivity contribution >= 4 is 0 Å². The maximum absolute atomic E-state index is 9.77. The minimum Gasteiger partial charge on any atom is -0.391 e. The first kappa shape index (κ1) is 11.2. The van der Waals surface area contributed by atoms with Gasteiger partial charge in [-0.15, -0.1) is 0 Å². The standard InChI is InChI=1S/C15H20O2/c1-10-6-12-4-3-5-15(8-13(16)9-17-15)14(12)7-11(10)2/h6-7,13,16H,3-5,8-9H2,1-2H3. The number of ether oxygens (including phenoxy) is 1. The molecule has 0 aromatic heterocycles. The van der Waals surface area contributed by atoms with Crippen molar-refractivity contribution in [2.24, 2.45) is 0 Å². The van der Waals surface area contributed by atoms with Crippen molar-refractivity contribution in [1.29, 1.82) is 0 Å². The Morgan fingerprint density at radius 1 is 1.29 bits per heavy atom. The Kier molecular flexibility index (Phi) is 2.53. The highest BCUT2D eigenvalue weighted by Gasteiger charge is 2.44. The van der Waals surface area contributed by atoms with Crippen LogP contribution in [0.2, 0.25) is 0 Å². The number of aryl methyl sites for hydroxylation is 3. The molecule has 0 saturated carbocycles. The van der Waals surface area contributed by atoms with Crippen molar-refractivity contribution in [2.75, 3.05) is 6.61 Å². The maximum Gasteiger partial charge on any atom is 0.0960 e. The van der Waals surface area contributed by atoms with Crippen LogP contribution in [0.4, 0.5) is 0 Å². The molecule has 17 heavy (non-hydrogen) atoms. The van der Waals surface area contributed by atoms with Gasteiger partial charge in [-0.1, -0.05) is 12.1 Å². The van der Waals surface area contributed by atoms with Crippen molar-refractivity contribution in [3.63, 3.8) is 0 Å². The summed E-state index contributed by atoms with van der Waals surface area (Å²) >= 11 is 0. The number of aliphatic hydroxyl groups excluding tert-OH is 1. The average Bonchev–Trinajstić information content (AvgIpc) is 2.65. The van der Waals surface area contributed by atoms with Gasteiger partial charge < -0.3 is 9.84 Å². The molecule has 1 aromatic rings. The van der Waals surface area contributed by atoms with Gasteiger partial charge in [-0.3, -0.25) is 0 Å². The predicted octanol–water partition coefficient (Wildman–Crippen LogP) is 2.62. The van der Waals surface area contributed by atoms with Crippen LogP contribution >= 0.6 is 0 Å². The van der Waals surface area contributed by atoms with Gasteiger partial charge in [0.1, 0.15) is 0 Å². The zero-order valence-electron chi connectivity index (χ0n) is 10.6. The molecule has 0 amide bonds. The molecule has 1 spiro atoms. The highest BCUT2D eigenvalue weighted by atomic mass is 16.5. The minimum absolute atomic E-state index is 0.189. The van der Waals surface area contributed by atoms with Crippen LogP contribution in [-0.4, -0.2) is 17.8 Å². The Hall–Kier alpha value is -0.860. The highest BCUT2D eigenvalue weighted by molar-refractivity contribution is 5.42. The van der Waals surface area contributed by atoms with Crippen molar-refractivity contribution in [3.05, 3.63) is 34.4 Å². The molecule has 1 N–H and O–H groups in total. The van der Waals surface area contributed by atoms with Crippen LogP contribution in [0.1, 0.15) is 41.5 Å². The van der Waals surface area contributed by atoms with Crippen molar-refractivity contribution in [3.8, 4) is 0 Å². The largest absolute Gasteiger partial charge is 0.391 e. The topological polar surface area (TPSA) is 29.5 Å². The van der Waals surface area contributed by atoms with Crippen LogP contribution < -0.4 is 0 Å². The molecule has 1 saturated heterocycles. The van der Waals surface area contributed by atoms with Crippen molar-refractivity contribution in [2.45, 2.75) is 51.2 Å². The van der Waals surface area contributed by atoms with E-state index in [1.54, 1.807) is 0 Å². The van der Waals surface area contributed by atoms with E-state index in [2.05, 4.69) is 26.0 Å². The first-order valence-electron chi connectivity index (χ1n) is 6.53. The zero-order valence-corrected chi connectivity index (χ0v) is 10.6. The predicted molar refractivity (Wildman–Crippen MR) is 67.1 cm³/mol. The molecule has 2 heteroatoms. The molecule has 1 aromatic carbocycles. The molecular weight excluding hydrogens is 212 g/mol. The molecule has 0 bridgehead atoms. The summed E-state index contributed by atoms with van der Waals surface area (Å²) in [4.78, 5) is 0. The second-order valence-corrected chi connectivity index (χ2v) is 5.61. The van der Waals surface area contributed by atoms with Gasteiger partial charge in [0.25, 0.3) is 0 Å². The van der Waals surface area contributed by atoms with Crippen LogP contribution in [0, 0.1) is 13.8 Å². The maximum atomic E-state index is 9.77. The van der Waals surface area contributed by atoms with Gasteiger partial charge >= 0.3 is 0 Å². The summed E-state index contributed by atoms with van der Waals surface area (Å²) in [6.45, 7) is 4.82. The van der Waals surface area contributed by atoms with Gasteiger partial charge in [0, 0.05) is 6.42 Å². The molecule has 2 atom stereocenters. The second kappa shape index (κ2) is 3.82. The van der Waals surface area contributed by atoms with E-state index in [1.807, 2.05) is 0 Å². The average molecular weight is 232 g/mol. The van der Waals surface area contributed by atoms with E-state index in [-0.39, 0.29) is 11.7 Å². The number of rotatable bonds is 0. The Bertz CT molecular complexity index is 452. The fraction of sp³-hybridized carbons (Fsp3) is 0.600. The molecule has 92 valence electrons. The molecule has 2 unspecified atom stereocenters. The lowest BCUT2D eigenvalue weighted by Gasteiger charge is -2.35. The van der Waals surface area contributed by atoms with Gasteiger partial charge in [0.2, 0.25) is 0 Å². The molecular formula is C15H20O2. The lowest BCUT2D eigenvalue weighted by molar-refractivity contribution is -0.0161. The molecule has 0 radical (unpaired) electrons. The molecule has 3 rings (SSSR count). The van der Waals surface area contributed by atoms with Crippen LogP contribution in [0.3, 0.4) is 0 Å². The van der Waals surface area contributed by atoms with E-state index >= 15 is 0 Å². The zero-order chi connectivity index (χ0) is 12.0. The SMILES string of the molecule is Cc1cc2c(cc1C)C1(CCC2)CC(O)CO1. The third kappa shape index (κ3) is 1.71. The van der Waals surface area contributed by atoms with Crippen LogP contribution in [0.15, 0.2) is 12.1 Å². The quantitative estimate of drug-likeness (QED) is 0.745. The van der Waals surface area contributed by atoms with Crippen LogP contribution in [0.5, 0.6) is 0 Å². The van der Waals surface area contributed by atoms with Crippen molar-refractivity contribution in [1.82, 2.24) is 0 Å². The Balaban J connectivity index is 2.10. The lowest BCUT2D eigenvalue weighted by Crippen LogP contribution is -2.30. The van der Waals surface area contributed by atoms with E-state index in [1.165, 1.54) is 28.7 Å². The van der Waals surface area contributed by atoms with Gasteiger partial charge in [-0.2, -0.15) is 0 Å². The molecule has 2 nitrogen and oxygen atoms in total. The van der Waals surface area contributed by atoms with E-state index in [9.17, 15) is 5.11 Å². The fourth-order valence-electron chi connectivity index (χ4n) is 3.32. The van der Waals surface area contributed by atoms with Crippen molar-refractivity contribution < 1.29 is 9.84 Å². The third-order valence-electron chi connectivity index (χ3n) is 4.35. The number of aliphatic hydroxyl groups is 1. The monoisotopic (exact) mass is 232 g/mol. The van der Waals surface area contributed by atoms with Crippen LogP contribution in [0.25, 0.3) is 0 Å². The summed E-state index contributed by atoms with van der Waals surface area (Å²) in [6.07, 6.45) is 3.85. The summed E-state index contributed by atoms with van der Waals surface area (Å²) in [6, 6.07) is 4.58. The smallest absolute Gasteiger partial charge is 0.0960 e. The summed E-state index contributed by atoms with van der Waals surface area (Å²) < 4.78 is 5.97. The minimum atomic E-state index is -0.289. The molecule has 1 fully saturated rings. The van der Waals surface area contributed by atoms with Gasteiger partial charge in [-0.05, 0) is 55.4 Å². The molecule has 1 heterocycles. The number of benzene rings is 1. The summed E-state index contributed by atoms with van der Waals surface area (Å²) in [7, 11) is 0. The fourth-order valence-corrected chi connectivity index (χ4v) is 3.32. The molecule has 1 aliphatic heterocycles. The Morgan fingerprint density at radius 2 is 2.06 bits per heavy atom. The summed E-state index contributed by atoms with van der Waals surface area (Å²) in [5.41, 5.74) is 5.26. The van der Waals surface area contributed by atoms with Gasteiger partial charge in [0.15, 0.2) is 0 Å². The normalized spacial score (nSPS) is 31.8. The van der Waals surface area contributed by atoms with E-state index < -0.39 is 0 Å². The highest BCUT2D eigenvalue weighted by Crippen LogP contribution is 2.45. The Labute approximate surface area is 103 Å². The van der Waals surface area contributed by atoms with Gasteiger partial charge in [0.05, 0.1) is 18.3 Å². The van der Waals surface area contributed by atoms with Gasteiger partial charge in [-0.25, -0.2) is 0 Å². The Morgan fingerprint density at radius 3 is 2.76 bits per heavy atom. The van der Waals surface area contributed by atoms with E-state index in [0.717, 1.165) is 19.3 Å². The number of hydrogen-bond acceptors (Lipinski definition) is 2. The lowest BCUT2D eigenvalue weighted by atomic mass is 9.76. The number of fused-ring (bicyclic) bond motifs is 2. The van der Waals surface area contributed by atoms with Crippen LogP contribution in [-0.2, 0) is 16.8 Å². The molecule has 1 aliphatic carbocycles. The first-order valence-corrected chi connectivity index (χ1v) is 6.53. The van der Waals surface area contributed by atoms with E-state index in [0.29, 0.717) is 6.61 Å². The first-order chi connectivity index (χ1) is 8.11. The summed E-state index contributed by atoms with van der Waals surface area (Å²) in [5, 5.41) is 9.77. The summed E-state index contributed by atoms with van der Waals surface area (Å²) in [5.74, 6) is 0. The molecule has 2 aliphatic rings. The third-order valence-corrected chi connectivity index (χ3v) is 4.35. The second-order valence-electron chi connectivity index (χ2n) is 5.61.